The quantitative estimate of drug-likeness (QED) is 0.496. The first-order valence-electron chi connectivity index (χ1n) is 9.51. The van der Waals surface area contributed by atoms with Crippen LogP contribution in [-0.4, -0.2) is 30.9 Å². The van der Waals surface area contributed by atoms with Gasteiger partial charge in [-0.25, -0.2) is 4.39 Å². The lowest BCUT2D eigenvalue weighted by Crippen LogP contribution is -2.15. The zero-order chi connectivity index (χ0) is 21.3. The van der Waals surface area contributed by atoms with Crippen LogP contribution in [0, 0.1) is 12.7 Å². The largest absolute Gasteiger partial charge is 0.490 e. The van der Waals surface area contributed by atoms with Crippen molar-refractivity contribution in [1.82, 2.24) is 5.16 Å². The Kier molecular flexibility index (Phi) is 7.40. The van der Waals surface area contributed by atoms with Crippen molar-refractivity contribution in [1.29, 1.82) is 0 Å². The Hall–Kier alpha value is -3.39. The number of halogens is 1. The van der Waals surface area contributed by atoms with Crippen molar-refractivity contribution in [3.05, 3.63) is 71.2 Å². The number of nitrogens with zero attached hydrogens (tertiary/aromatic N) is 1. The predicted octanol–water partition coefficient (Wildman–Crippen LogP) is 4.37. The topological polar surface area (TPSA) is 82.8 Å². The van der Waals surface area contributed by atoms with E-state index < -0.39 is 5.91 Å². The maximum Gasteiger partial charge on any atom is 0.260 e. The molecule has 0 saturated carbocycles. The summed E-state index contributed by atoms with van der Waals surface area (Å²) in [6.07, 6.45) is 0. The highest BCUT2D eigenvalue weighted by atomic mass is 19.1. The van der Waals surface area contributed by atoms with Gasteiger partial charge >= 0.3 is 0 Å². The lowest BCUT2D eigenvalue weighted by Gasteiger charge is -2.13. The summed E-state index contributed by atoms with van der Waals surface area (Å²) in [5.74, 6) is 0.931. The second kappa shape index (κ2) is 10.4. The third-order valence-corrected chi connectivity index (χ3v) is 4.05. The van der Waals surface area contributed by atoms with Crippen molar-refractivity contribution in [2.24, 2.45) is 0 Å². The zero-order valence-corrected chi connectivity index (χ0v) is 16.8. The van der Waals surface area contributed by atoms with Gasteiger partial charge < -0.3 is 24.1 Å². The lowest BCUT2D eigenvalue weighted by atomic mass is 10.1. The summed E-state index contributed by atoms with van der Waals surface area (Å²) >= 11 is 0. The molecule has 0 fully saturated rings. The number of aromatic nitrogens is 1. The normalized spacial score (nSPS) is 10.6. The first kappa shape index (κ1) is 21.3. The smallest absolute Gasteiger partial charge is 0.260 e. The molecule has 1 aromatic heterocycles. The van der Waals surface area contributed by atoms with E-state index in [1.165, 1.54) is 12.1 Å². The number of benzene rings is 2. The first-order valence-corrected chi connectivity index (χ1v) is 9.51. The Labute approximate surface area is 173 Å². The maximum absolute atomic E-state index is 13.3. The average molecular weight is 414 g/mol. The van der Waals surface area contributed by atoms with Crippen molar-refractivity contribution in [2.45, 2.75) is 20.5 Å². The fourth-order valence-electron chi connectivity index (χ4n) is 2.66. The second-order valence-corrected chi connectivity index (χ2v) is 6.40. The summed E-state index contributed by atoms with van der Waals surface area (Å²) in [4.78, 5) is 12.8. The minimum Gasteiger partial charge on any atom is -0.490 e. The van der Waals surface area contributed by atoms with Gasteiger partial charge in [0.1, 0.15) is 36.3 Å². The van der Waals surface area contributed by atoms with Crippen LogP contribution in [0.15, 0.2) is 53.1 Å². The van der Waals surface area contributed by atoms with Crippen LogP contribution >= 0.6 is 0 Å². The van der Waals surface area contributed by atoms with Gasteiger partial charge in [0.25, 0.3) is 5.91 Å². The molecular formula is C22H23FN2O5. The lowest BCUT2D eigenvalue weighted by molar-refractivity contribution is 0.0996. The minimum absolute atomic E-state index is 0.159. The molecule has 0 spiro atoms. The van der Waals surface area contributed by atoms with E-state index in [-0.39, 0.29) is 18.0 Å². The molecule has 30 heavy (non-hydrogen) atoms. The Morgan fingerprint density at radius 1 is 1.13 bits per heavy atom. The van der Waals surface area contributed by atoms with E-state index in [4.69, 9.17) is 18.7 Å². The molecular weight excluding hydrogens is 391 g/mol. The summed E-state index contributed by atoms with van der Waals surface area (Å²) in [6.45, 7) is 5.05. The van der Waals surface area contributed by atoms with E-state index in [0.717, 1.165) is 0 Å². The van der Waals surface area contributed by atoms with Gasteiger partial charge in [-0.2, -0.15) is 0 Å². The third kappa shape index (κ3) is 6.05. The van der Waals surface area contributed by atoms with Gasteiger partial charge in [-0.3, -0.25) is 4.79 Å². The van der Waals surface area contributed by atoms with E-state index in [2.05, 4.69) is 10.5 Å². The Bertz CT molecular complexity index is 989. The Morgan fingerprint density at radius 2 is 2.00 bits per heavy atom. The van der Waals surface area contributed by atoms with Crippen molar-refractivity contribution < 1.29 is 27.9 Å². The van der Waals surface area contributed by atoms with Crippen LogP contribution in [0.5, 0.6) is 11.5 Å². The molecule has 3 rings (SSSR count). The molecule has 2 aromatic carbocycles. The molecule has 8 heteroatoms. The fourth-order valence-corrected chi connectivity index (χ4v) is 2.66. The SMILES string of the molecule is CCOCCOc1ccc(OCc2cccc(F)c2)cc1C(=O)Nc1cc(C)on1. The number of aryl methyl sites for hydroxylation is 1. The number of amides is 1. The number of carbonyl (C=O) groups excluding carboxylic acids is 1. The number of ether oxygens (including phenoxy) is 3. The van der Waals surface area contributed by atoms with Crippen molar-refractivity contribution >= 4 is 11.7 Å². The van der Waals surface area contributed by atoms with E-state index >= 15 is 0 Å². The molecule has 0 saturated heterocycles. The Balaban J connectivity index is 1.75. The molecule has 7 nitrogen and oxygen atoms in total. The molecule has 0 bridgehead atoms. The fraction of sp³-hybridized carbons (Fsp3) is 0.273. The number of anilines is 1. The van der Waals surface area contributed by atoms with E-state index in [9.17, 15) is 9.18 Å². The van der Waals surface area contributed by atoms with Gasteiger partial charge in [-0.05, 0) is 49.7 Å². The van der Waals surface area contributed by atoms with E-state index in [1.807, 2.05) is 6.92 Å². The molecule has 0 atom stereocenters. The van der Waals surface area contributed by atoms with Crippen LogP contribution in [-0.2, 0) is 11.3 Å². The van der Waals surface area contributed by atoms with E-state index in [0.29, 0.717) is 48.5 Å². The summed E-state index contributed by atoms with van der Waals surface area (Å²) in [7, 11) is 0. The molecule has 1 heterocycles. The molecule has 158 valence electrons. The molecule has 3 aromatic rings. The number of nitrogens with one attached hydrogen (secondary N) is 1. The van der Waals surface area contributed by atoms with Gasteiger partial charge in [-0.1, -0.05) is 17.3 Å². The first-order chi connectivity index (χ1) is 14.5. The number of carbonyl (C=O) groups is 1. The third-order valence-electron chi connectivity index (χ3n) is 4.05. The molecule has 1 amide bonds. The molecule has 0 radical (unpaired) electrons. The molecule has 0 unspecified atom stereocenters. The molecule has 1 N–H and O–H groups in total. The van der Waals surface area contributed by atoms with Gasteiger partial charge in [0.2, 0.25) is 0 Å². The van der Waals surface area contributed by atoms with Crippen LogP contribution in [0.4, 0.5) is 10.2 Å². The highest BCUT2D eigenvalue weighted by molar-refractivity contribution is 6.06. The van der Waals surface area contributed by atoms with Crippen molar-refractivity contribution in [2.75, 3.05) is 25.1 Å². The van der Waals surface area contributed by atoms with Gasteiger partial charge in [0, 0.05) is 12.7 Å². The van der Waals surface area contributed by atoms with Crippen LogP contribution in [0.25, 0.3) is 0 Å². The minimum atomic E-state index is -0.425. The Morgan fingerprint density at radius 3 is 2.73 bits per heavy atom. The zero-order valence-electron chi connectivity index (χ0n) is 16.8. The maximum atomic E-state index is 13.3. The van der Waals surface area contributed by atoms with Crippen molar-refractivity contribution in [3.8, 4) is 11.5 Å². The number of hydrogen-bond donors (Lipinski definition) is 1. The monoisotopic (exact) mass is 414 g/mol. The highest BCUT2D eigenvalue weighted by Crippen LogP contribution is 2.26. The second-order valence-electron chi connectivity index (χ2n) is 6.40. The molecule has 0 aliphatic heterocycles. The van der Waals surface area contributed by atoms with Crippen LogP contribution in [0.1, 0.15) is 28.6 Å². The van der Waals surface area contributed by atoms with Crippen molar-refractivity contribution in [3.63, 3.8) is 0 Å². The molecule has 0 aliphatic rings. The van der Waals surface area contributed by atoms with Crippen LogP contribution < -0.4 is 14.8 Å². The van der Waals surface area contributed by atoms with Gasteiger partial charge in [0.05, 0.1) is 12.2 Å². The molecule has 0 aliphatic carbocycles. The summed E-state index contributed by atoms with van der Waals surface area (Å²) in [5.41, 5.74) is 0.944. The predicted molar refractivity (Wildman–Crippen MR) is 108 cm³/mol. The van der Waals surface area contributed by atoms with E-state index in [1.54, 1.807) is 43.3 Å². The van der Waals surface area contributed by atoms with Gasteiger partial charge in [-0.15, -0.1) is 0 Å². The summed E-state index contributed by atoms with van der Waals surface area (Å²) in [5, 5.41) is 6.44. The average Bonchev–Trinajstić information content (AvgIpc) is 3.14. The standard InChI is InChI=1S/C22H23FN2O5/c1-3-27-9-10-28-20-8-7-18(29-14-16-5-4-6-17(23)12-16)13-19(20)22(26)24-21-11-15(2)30-25-21/h4-8,11-13H,3,9-10,14H2,1-2H3,(H,24,25,26). The number of hydrogen-bond acceptors (Lipinski definition) is 6. The highest BCUT2D eigenvalue weighted by Gasteiger charge is 2.16. The summed E-state index contributed by atoms with van der Waals surface area (Å²) < 4.78 is 35.0. The van der Waals surface area contributed by atoms with Gasteiger partial charge in [0.15, 0.2) is 5.82 Å². The van der Waals surface area contributed by atoms with Crippen LogP contribution in [0.2, 0.25) is 0 Å². The van der Waals surface area contributed by atoms with Crippen LogP contribution in [0.3, 0.4) is 0 Å². The number of rotatable bonds is 10. The summed E-state index contributed by atoms with van der Waals surface area (Å²) in [6, 6.07) is 12.6.